The van der Waals surface area contributed by atoms with E-state index in [0.29, 0.717) is 6.04 Å². The SMILES string of the molecule is Cc1ccc2nnnn2c1CNC(C)C. The summed E-state index contributed by atoms with van der Waals surface area (Å²) in [5, 5.41) is 14.9. The van der Waals surface area contributed by atoms with E-state index in [-0.39, 0.29) is 0 Å². The molecule has 0 bridgehead atoms. The van der Waals surface area contributed by atoms with Crippen LogP contribution in [0.25, 0.3) is 5.65 Å². The monoisotopic (exact) mass is 205 g/mol. The maximum absolute atomic E-state index is 3.97. The molecule has 0 amide bonds. The molecule has 15 heavy (non-hydrogen) atoms. The smallest absolute Gasteiger partial charge is 0.179 e. The molecule has 5 nitrogen and oxygen atoms in total. The van der Waals surface area contributed by atoms with Crippen LogP contribution in [0.4, 0.5) is 0 Å². The maximum Gasteiger partial charge on any atom is 0.179 e. The quantitative estimate of drug-likeness (QED) is 0.810. The second-order valence-corrected chi connectivity index (χ2v) is 3.95. The molecule has 0 saturated heterocycles. The molecule has 2 aromatic heterocycles. The lowest BCUT2D eigenvalue weighted by atomic mass is 10.2. The first kappa shape index (κ1) is 10.0. The van der Waals surface area contributed by atoms with E-state index < -0.39 is 0 Å². The van der Waals surface area contributed by atoms with Crippen molar-refractivity contribution in [3.63, 3.8) is 0 Å². The lowest BCUT2D eigenvalue weighted by molar-refractivity contribution is 0.568. The minimum atomic E-state index is 0.455. The van der Waals surface area contributed by atoms with Crippen molar-refractivity contribution in [3.8, 4) is 0 Å². The molecular formula is C10H15N5. The molecule has 0 atom stereocenters. The van der Waals surface area contributed by atoms with Crippen molar-refractivity contribution in [2.75, 3.05) is 0 Å². The number of nitrogens with one attached hydrogen (secondary N) is 1. The predicted molar refractivity (Wildman–Crippen MR) is 57.5 cm³/mol. The van der Waals surface area contributed by atoms with Crippen molar-refractivity contribution in [3.05, 3.63) is 23.4 Å². The Balaban J connectivity index is 2.38. The predicted octanol–water partition coefficient (Wildman–Crippen LogP) is 0.931. The Morgan fingerprint density at radius 2 is 2.20 bits per heavy atom. The standard InChI is InChI=1S/C10H15N5/c1-7(2)11-6-9-8(3)4-5-10-12-13-14-15(9)10/h4-5,7,11H,6H2,1-3H3. The van der Waals surface area contributed by atoms with Crippen molar-refractivity contribution >= 4 is 5.65 Å². The summed E-state index contributed by atoms with van der Waals surface area (Å²) in [6.45, 7) is 7.09. The second-order valence-electron chi connectivity index (χ2n) is 3.95. The number of nitrogens with zero attached hydrogens (tertiary/aromatic N) is 4. The molecule has 2 rings (SSSR count). The van der Waals surface area contributed by atoms with E-state index in [9.17, 15) is 0 Å². The third-order valence-electron chi connectivity index (χ3n) is 2.36. The second kappa shape index (κ2) is 3.94. The first-order valence-electron chi connectivity index (χ1n) is 5.08. The maximum atomic E-state index is 3.97. The third-order valence-corrected chi connectivity index (χ3v) is 2.36. The Kier molecular flexibility index (Phi) is 2.64. The van der Waals surface area contributed by atoms with Crippen LogP contribution in [0.1, 0.15) is 25.1 Å². The van der Waals surface area contributed by atoms with Gasteiger partial charge in [-0.1, -0.05) is 19.9 Å². The van der Waals surface area contributed by atoms with Crippen LogP contribution >= 0.6 is 0 Å². The zero-order chi connectivity index (χ0) is 10.8. The Morgan fingerprint density at radius 1 is 1.40 bits per heavy atom. The highest BCUT2D eigenvalue weighted by atomic mass is 15.5. The highest BCUT2D eigenvalue weighted by Crippen LogP contribution is 2.09. The van der Waals surface area contributed by atoms with Gasteiger partial charge in [0.05, 0.1) is 5.69 Å². The van der Waals surface area contributed by atoms with Crippen LogP contribution in [0, 0.1) is 6.92 Å². The number of tetrazole rings is 1. The molecule has 80 valence electrons. The molecule has 0 aromatic carbocycles. The minimum Gasteiger partial charge on any atom is -0.309 e. The van der Waals surface area contributed by atoms with Gasteiger partial charge < -0.3 is 5.32 Å². The fourth-order valence-corrected chi connectivity index (χ4v) is 1.47. The number of fused-ring (bicyclic) bond motifs is 1. The van der Waals surface area contributed by atoms with E-state index in [1.54, 1.807) is 4.52 Å². The van der Waals surface area contributed by atoms with Crippen LogP contribution in [0.15, 0.2) is 12.1 Å². The van der Waals surface area contributed by atoms with Crippen molar-refractivity contribution in [2.24, 2.45) is 0 Å². The molecule has 5 heteroatoms. The average Bonchev–Trinajstić information content (AvgIpc) is 2.63. The molecule has 2 aromatic rings. The summed E-state index contributed by atoms with van der Waals surface area (Å²) in [4.78, 5) is 0. The van der Waals surface area contributed by atoms with E-state index in [2.05, 4.69) is 41.6 Å². The largest absolute Gasteiger partial charge is 0.309 e. The van der Waals surface area contributed by atoms with Gasteiger partial charge in [-0.3, -0.25) is 0 Å². The Labute approximate surface area is 88.5 Å². The van der Waals surface area contributed by atoms with Gasteiger partial charge in [0.1, 0.15) is 0 Å². The van der Waals surface area contributed by atoms with Crippen LogP contribution in [0.2, 0.25) is 0 Å². The summed E-state index contributed by atoms with van der Waals surface area (Å²) in [5.41, 5.74) is 3.11. The van der Waals surface area contributed by atoms with Crippen molar-refractivity contribution in [2.45, 2.75) is 33.4 Å². The van der Waals surface area contributed by atoms with Gasteiger partial charge >= 0.3 is 0 Å². The molecule has 2 heterocycles. The molecule has 1 N–H and O–H groups in total. The molecule has 0 saturated carbocycles. The molecule has 0 aliphatic rings. The molecular weight excluding hydrogens is 190 g/mol. The number of hydrogen-bond donors (Lipinski definition) is 1. The molecule has 0 spiro atoms. The Morgan fingerprint density at radius 3 is 2.93 bits per heavy atom. The molecule has 0 unspecified atom stereocenters. The van der Waals surface area contributed by atoms with E-state index in [4.69, 9.17) is 0 Å². The number of aromatic nitrogens is 4. The van der Waals surface area contributed by atoms with Gasteiger partial charge in [0, 0.05) is 12.6 Å². The summed E-state index contributed by atoms with van der Waals surface area (Å²) in [5.74, 6) is 0. The van der Waals surface area contributed by atoms with Crippen molar-refractivity contribution in [1.29, 1.82) is 0 Å². The van der Waals surface area contributed by atoms with Gasteiger partial charge in [-0.2, -0.15) is 4.52 Å². The number of hydrogen-bond acceptors (Lipinski definition) is 4. The van der Waals surface area contributed by atoms with Gasteiger partial charge in [0.25, 0.3) is 0 Å². The zero-order valence-corrected chi connectivity index (χ0v) is 9.23. The summed E-state index contributed by atoms with van der Waals surface area (Å²) >= 11 is 0. The van der Waals surface area contributed by atoms with E-state index in [0.717, 1.165) is 17.9 Å². The van der Waals surface area contributed by atoms with Crippen molar-refractivity contribution in [1.82, 2.24) is 25.4 Å². The van der Waals surface area contributed by atoms with Crippen molar-refractivity contribution < 1.29 is 0 Å². The lowest BCUT2D eigenvalue weighted by Crippen LogP contribution is -2.24. The summed E-state index contributed by atoms with van der Waals surface area (Å²) in [7, 11) is 0. The van der Waals surface area contributed by atoms with Crippen LogP contribution < -0.4 is 5.32 Å². The van der Waals surface area contributed by atoms with E-state index in [1.807, 2.05) is 12.1 Å². The Bertz CT molecular complexity index is 460. The molecule has 0 fully saturated rings. The Hall–Kier alpha value is -1.49. The highest BCUT2D eigenvalue weighted by Gasteiger charge is 2.06. The molecule has 0 aliphatic heterocycles. The van der Waals surface area contributed by atoms with Crippen LogP contribution in [-0.2, 0) is 6.54 Å². The van der Waals surface area contributed by atoms with Crippen LogP contribution in [-0.4, -0.2) is 26.1 Å². The first-order chi connectivity index (χ1) is 7.18. The number of rotatable bonds is 3. The number of pyridine rings is 1. The summed E-state index contributed by atoms with van der Waals surface area (Å²) < 4.78 is 1.78. The normalized spacial score (nSPS) is 11.5. The topological polar surface area (TPSA) is 55.1 Å². The van der Waals surface area contributed by atoms with Gasteiger partial charge in [0.15, 0.2) is 5.65 Å². The van der Waals surface area contributed by atoms with Crippen LogP contribution in [0.3, 0.4) is 0 Å². The summed E-state index contributed by atoms with van der Waals surface area (Å²) in [6, 6.07) is 4.42. The fourth-order valence-electron chi connectivity index (χ4n) is 1.47. The third kappa shape index (κ3) is 1.97. The summed E-state index contributed by atoms with van der Waals surface area (Å²) in [6.07, 6.45) is 0. The highest BCUT2D eigenvalue weighted by molar-refractivity contribution is 5.39. The lowest BCUT2D eigenvalue weighted by Gasteiger charge is -2.10. The van der Waals surface area contributed by atoms with E-state index in [1.165, 1.54) is 5.56 Å². The zero-order valence-electron chi connectivity index (χ0n) is 9.23. The minimum absolute atomic E-state index is 0.455. The fraction of sp³-hybridized carbons (Fsp3) is 0.500. The van der Waals surface area contributed by atoms with E-state index >= 15 is 0 Å². The van der Waals surface area contributed by atoms with Gasteiger partial charge in [-0.05, 0) is 29.0 Å². The van der Waals surface area contributed by atoms with Crippen LogP contribution in [0.5, 0.6) is 0 Å². The average molecular weight is 205 g/mol. The van der Waals surface area contributed by atoms with Gasteiger partial charge in [-0.25, -0.2) is 0 Å². The molecule has 0 radical (unpaired) electrons. The number of aryl methyl sites for hydroxylation is 1. The molecule has 0 aliphatic carbocycles. The first-order valence-corrected chi connectivity index (χ1v) is 5.08. The van der Waals surface area contributed by atoms with Gasteiger partial charge in [0.2, 0.25) is 0 Å². The van der Waals surface area contributed by atoms with Gasteiger partial charge in [-0.15, -0.1) is 5.10 Å².